The van der Waals surface area contributed by atoms with E-state index in [9.17, 15) is 5.26 Å². The predicted molar refractivity (Wildman–Crippen MR) is 101 cm³/mol. The van der Waals surface area contributed by atoms with Gasteiger partial charge in [0.1, 0.15) is 5.52 Å². The number of aromatic nitrogens is 2. The molecule has 25 heavy (non-hydrogen) atoms. The quantitative estimate of drug-likeness (QED) is 0.529. The molecule has 0 fully saturated rings. The number of nitrogens with zero attached hydrogens (tertiary/aromatic N) is 4. The second kappa shape index (κ2) is 6.71. The lowest BCUT2D eigenvalue weighted by Gasteiger charge is -2.22. The molecule has 0 radical (unpaired) electrons. The van der Waals surface area contributed by atoms with Crippen LogP contribution >= 0.6 is 11.3 Å². The first kappa shape index (κ1) is 15.3. The summed E-state index contributed by atoms with van der Waals surface area (Å²) >= 11 is 1.62. The van der Waals surface area contributed by atoms with Crippen molar-refractivity contribution in [2.75, 3.05) is 4.90 Å². The molecule has 2 heterocycles. The van der Waals surface area contributed by atoms with Gasteiger partial charge in [0, 0.05) is 11.9 Å². The lowest BCUT2D eigenvalue weighted by atomic mass is 10.1. The molecule has 0 atom stereocenters. The van der Waals surface area contributed by atoms with Gasteiger partial charge in [-0.05, 0) is 29.8 Å². The number of thiazole rings is 1. The number of fused-ring (bicyclic) bond motifs is 1. The van der Waals surface area contributed by atoms with E-state index in [2.05, 4.69) is 28.1 Å². The molecule has 2 aromatic carbocycles. The molecule has 4 nitrogen and oxygen atoms in total. The fourth-order valence-corrected chi connectivity index (χ4v) is 3.65. The van der Waals surface area contributed by atoms with Gasteiger partial charge >= 0.3 is 0 Å². The first-order valence-corrected chi connectivity index (χ1v) is 8.68. The molecule has 0 saturated carbocycles. The topological polar surface area (TPSA) is 52.8 Å². The van der Waals surface area contributed by atoms with Crippen LogP contribution in [-0.2, 0) is 6.54 Å². The Hall–Kier alpha value is -3.23. The molecular formula is C20H14N4S. The highest BCUT2D eigenvalue weighted by molar-refractivity contribution is 7.22. The first-order chi connectivity index (χ1) is 12.3. The van der Waals surface area contributed by atoms with Crippen molar-refractivity contribution < 1.29 is 0 Å². The van der Waals surface area contributed by atoms with Gasteiger partial charge in [-0.1, -0.05) is 47.7 Å². The highest BCUT2D eigenvalue weighted by Gasteiger charge is 2.16. The average Bonchev–Trinajstić information content (AvgIpc) is 3.11. The SMILES string of the molecule is N#Cc1ccccc1CN(c1ccccc1)c1nc2cnccc2s1. The zero-order chi connectivity index (χ0) is 17.1. The van der Waals surface area contributed by atoms with Gasteiger partial charge in [-0.15, -0.1) is 0 Å². The molecule has 0 aliphatic heterocycles. The van der Waals surface area contributed by atoms with Crippen LogP contribution in [-0.4, -0.2) is 9.97 Å². The van der Waals surface area contributed by atoms with Crippen LogP contribution in [0, 0.1) is 11.3 Å². The Morgan fingerprint density at radius 1 is 1.00 bits per heavy atom. The maximum atomic E-state index is 9.40. The second-order valence-electron chi connectivity index (χ2n) is 5.53. The Kier molecular flexibility index (Phi) is 4.11. The maximum Gasteiger partial charge on any atom is 0.191 e. The lowest BCUT2D eigenvalue weighted by Crippen LogP contribution is -2.16. The van der Waals surface area contributed by atoms with Gasteiger partial charge in [0.05, 0.1) is 29.1 Å². The summed E-state index contributed by atoms with van der Waals surface area (Å²) in [5.74, 6) is 0. The first-order valence-electron chi connectivity index (χ1n) is 7.86. The molecule has 0 amide bonds. The normalized spacial score (nSPS) is 10.5. The number of benzene rings is 2. The third-order valence-corrected chi connectivity index (χ3v) is 5.00. The predicted octanol–water partition coefficient (Wildman–Crippen LogP) is 4.90. The summed E-state index contributed by atoms with van der Waals surface area (Å²) in [5.41, 5.74) is 3.59. The Balaban J connectivity index is 1.81. The molecular weight excluding hydrogens is 328 g/mol. The van der Waals surface area contributed by atoms with Crippen molar-refractivity contribution in [2.24, 2.45) is 0 Å². The monoisotopic (exact) mass is 342 g/mol. The summed E-state index contributed by atoms with van der Waals surface area (Å²) in [6.45, 7) is 0.584. The third-order valence-electron chi connectivity index (χ3n) is 3.94. The minimum atomic E-state index is 0.584. The minimum absolute atomic E-state index is 0.584. The number of rotatable bonds is 4. The van der Waals surface area contributed by atoms with E-state index in [1.54, 1.807) is 23.7 Å². The number of hydrogen-bond acceptors (Lipinski definition) is 5. The average molecular weight is 342 g/mol. The van der Waals surface area contributed by atoms with Crippen molar-refractivity contribution in [3.8, 4) is 6.07 Å². The van der Waals surface area contributed by atoms with E-state index in [0.717, 1.165) is 26.6 Å². The summed E-state index contributed by atoms with van der Waals surface area (Å²) in [4.78, 5) is 11.0. The molecule has 0 spiro atoms. The molecule has 0 saturated heterocycles. The molecule has 0 aliphatic rings. The van der Waals surface area contributed by atoms with Gasteiger partial charge in [-0.3, -0.25) is 4.98 Å². The Bertz CT molecular complexity index is 1020. The zero-order valence-corrected chi connectivity index (χ0v) is 14.1. The van der Waals surface area contributed by atoms with Crippen LogP contribution in [0.5, 0.6) is 0 Å². The second-order valence-corrected chi connectivity index (χ2v) is 6.54. The van der Waals surface area contributed by atoms with E-state index in [1.807, 2.05) is 48.5 Å². The highest BCUT2D eigenvalue weighted by Crippen LogP contribution is 2.34. The summed E-state index contributed by atoms with van der Waals surface area (Å²) in [6.07, 6.45) is 3.56. The summed E-state index contributed by atoms with van der Waals surface area (Å²) < 4.78 is 1.10. The molecule has 2 aromatic heterocycles. The molecule has 0 bridgehead atoms. The number of anilines is 2. The van der Waals surface area contributed by atoms with Crippen LogP contribution < -0.4 is 4.90 Å². The Labute approximate surface area is 149 Å². The van der Waals surface area contributed by atoms with E-state index in [1.165, 1.54) is 0 Å². The van der Waals surface area contributed by atoms with Gasteiger partial charge in [0.25, 0.3) is 0 Å². The van der Waals surface area contributed by atoms with Crippen LogP contribution in [0.3, 0.4) is 0 Å². The Morgan fingerprint density at radius 2 is 1.80 bits per heavy atom. The molecule has 0 aliphatic carbocycles. The summed E-state index contributed by atoms with van der Waals surface area (Å²) in [6, 6.07) is 22.1. The highest BCUT2D eigenvalue weighted by atomic mass is 32.1. The van der Waals surface area contributed by atoms with E-state index >= 15 is 0 Å². The fourth-order valence-electron chi connectivity index (χ4n) is 2.70. The van der Waals surface area contributed by atoms with E-state index in [-0.39, 0.29) is 0 Å². The van der Waals surface area contributed by atoms with Crippen LogP contribution in [0.15, 0.2) is 73.1 Å². The maximum absolute atomic E-state index is 9.40. The van der Waals surface area contributed by atoms with Crippen molar-refractivity contribution >= 4 is 32.4 Å². The summed E-state index contributed by atoms with van der Waals surface area (Å²) in [7, 11) is 0. The van der Waals surface area contributed by atoms with Gasteiger partial charge in [0.2, 0.25) is 0 Å². The molecule has 0 N–H and O–H groups in total. The van der Waals surface area contributed by atoms with Crippen LogP contribution in [0.4, 0.5) is 10.8 Å². The Morgan fingerprint density at radius 3 is 2.60 bits per heavy atom. The zero-order valence-electron chi connectivity index (χ0n) is 13.3. The fraction of sp³-hybridized carbons (Fsp3) is 0.0500. The van der Waals surface area contributed by atoms with E-state index in [4.69, 9.17) is 4.98 Å². The van der Waals surface area contributed by atoms with E-state index in [0.29, 0.717) is 12.1 Å². The molecule has 0 unspecified atom stereocenters. The summed E-state index contributed by atoms with van der Waals surface area (Å²) in [5, 5.41) is 10.3. The molecule has 4 rings (SSSR count). The molecule has 120 valence electrons. The van der Waals surface area contributed by atoms with Gasteiger partial charge < -0.3 is 4.90 Å². The van der Waals surface area contributed by atoms with Crippen molar-refractivity contribution in [3.63, 3.8) is 0 Å². The van der Waals surface area contributed by atoms with Crippen molar-refractivity contribution in [1.82, 2.24) is 9.97 Å². The smallest absolute Gasteiger partial charge is 0.191 e. The number of nitriles is 1. The minimum Gasteiger partial charge on any atom is -0.313 e. The largest absolute Gasteiger partial charge is 0.313 e. The van der Waals surface area contributed by atoms with Crippen molar-refractivity contribution in [1.29, 1.82) is 5.26 Å². The molecule has 4 aromatic rings. The standard InChI is InChI=1S/C20H14N4S/c21-12-15-6-4-5-7-16(15)14-24(17-8-2-1-3-9-17)20-23-18-13-22-11-10-19(18)25-20/h1-11,13H,14H2. The van der Waals surface area contributed by atoms with Crippen molar-refractivity contribution in [3.05, 3.63) is 84.2 Å². The van der Waals surface area contributed by atoms with Crippen LogP contribution in [0.1, 0.15) is 11.1 Å². The number of pyridine rings is 1. The van der Waals surface area contributed by atoms with Crippen molar-refractivity contribution in [2.45, 2.75) is 6.54 Å². The third kappa shape index (κ3) is 3.08. The van der Waals surface area contributed by atoms with Gasteiger partial charge in [-0.25, -0.2) is 4.98 Å². The lowest BCUT2D eigenvalue weighted by molar-refractivity contribution is 0.964. The number of hydrogen-bond donors (Lipinski definition) is 0. The van der Waals surface area contributed by atoms with Gasteiger partial charge in [0.15, 0.2) is 5.13 Å². The van der Waals surface area contributed by atoms with Crippen LogP contribution in [0.2, 0.25) is 0 Å². The van der Waals surface area contributed by atoms with E-state index < -0.39 is 0 Å². The molecule has 5 heteroatoms. The number of para-hydroxylation sites is 1. The van der Waals surface area contributed by atoms with Gasteiger partial charge in [-0.2, -0.15) is 5.26 Å². The van der Waals surface area contributed by atoms with Crippen LogP contribution in [0.25, 0.3) is 10.2 Å².